The largest absolute Gasteiger partial charge is 0.464 e. The van der Waals surface area contributed by atoms with E-state index < -0.39 is 19.9 Å². The van der Waals surface area contributed by atoms with Gasteiger partial charge in [0.1, 0.15) is 0 Å². The number of thioether (sulfide) groups is 1. The fourth-order valence-electron chi connectivity index (χ4n) is 1.82. The van der Waals surface area contributed by atoms with E-state index in [-0.39, 0.29) is 17.9 Å². The van der Waals surface area contributed by atoms with E-state index in [1.165, 1.54) is 12.1 Å². The van der Waals surface area contributed by atoms with Crippen LogP contribution in [0.1, 0.15) is 6.42 Å². The molecule has 1 atom stereocenters. The number of hydrogen-bond donors (Lipinski definition) is 0. The Bertz CT molecular complexity index is 524. The van der Waals surface area contributed by atoms with Gasteiger partial charge < -0.3 is 4.74 Å². The molecule has 17 heavy (non-hydrogen) atoms. The van der Waals surface area contributed by atoms with Crippen molar-refractivity contribution in [1.29, 1.82) is 0 Å². The summed E-state index contributed by atoms with van der Waals surface area (Å²) in [5, 5.41) is 0. The lowest BCUT2D eigenvalue weighted by Gasteiger charge is -2.22. The SMILES string of the molecule is CSC1(S(=O)(=O)c2ccccc2)CCOC1=O. The number of esters is 1. The monoisotopic (exact) mass is 272 g/mol. The fourth-order valence-corrected chi connectivity index (χ4v) is 5.03. The Morgan fingerprint density at radius 2 is 1.94 bits per heavy atom. The molecule has 92 valence electrons. The number of benzene rings is 1. The molecular formula is C11H12O4S2. The lowest BCUT2D eigenvalue weighted by molar-refractivity contribution is -0.138. The van der Waals surface area contributed by atoms with E-state index in [9.17, 15) is 13.2 Å². The Kier molecular flexibility index (Phi) is 3.18. The summed E-state index contributed by atoms with van der Waals surface area (Å²) in [7, 11) is -3.71. The molecule has 1 unspecified atom stereocenters. The van der Waals surface area contributed by atoms with Crippen LogP contribution in [-0.2, 0) is 19.4 Å². The summed E-state index contributed by atoms with van der Waals surface area (Å²) >= 11 is 1.03. The Balaban J connectivity index is 2.55. The summed E-state index contributed by atoms with van der Waals surface area (Å²) in [6, 6.07) is 8.01. The molecule has 1 fully saturated rings. The van der Waals surface area contributed by atoms with Crippen molar-refractivity contribution in [2.45, 2.75) is 15.4 Å². The van der Waals surface area contributed by atoms with Gasteiger partial charge in [0.2, 0.25) is 13.9 Å². The molecule has 0 N–H and O–H groups in total. The standard InChI is InChI=1S/C11H12O4S2/c1-16-11(7-8-15-10(11)12)17(13,14)9-5-3-2-4-6-9/h2-6H,7-8H2,1H3. The molecule has 1 aromatic rings. The third kappa shape index (κ3) is 1.75. The molecule has 0 spiro atoms. The normalized spacial score (nSPS) is 24.6. The van der Waals surface area contributed by atoms with Crippen molar-refractivity contribution in [3.05, 3.63) is 30.3 Å². The highest BCUT2D eigenvalue weighted by Gasteiger charge is 2.55. The van der Waals surface area contributed by atoms with Crippen molar-refractivity contribution in [2.75, 3.05) is 12.9 Å². The van der Waals surface area contributed by atoms with Gasteiger partial charge in [-0.1, -0.05) is 18.2 Å². The lowest BCUT2D eigenvalue weighted by atomic mass is 10.3. The van der Waals surface area contributed by atoms with Crippen LogP contribution in [0.2, 0.25) is 0 Å². The highest BCUT2D eigenvalue weighted by atomic mass is 32.3. The maximum atomic E-state index is 12.5. The Morgan fingerprint density at radius 3 is 2.41 bits per heavy atom. The lowest BCUT2D eigenvalue weighted by Crippen LogP contribution is -2.39. The second-order valence-corrected chi connectivity index (χ2v) is 7.20. The highest BCUT2D eigenvalue weighted by molar-refractivity contribution is 8.15. The Morgan fingerprint density at radius 1 is 1.29 bits per heavy atom. The van der Waals surface area contributed by atoms with Gasteiger partial charge in [-0.3, -0.25) is 0 Å². The van der Waals surface area contributed by atoms with Crippen LogP contribution in [0, 0.1) is 0 Å². The zero-order chi connectivity index (χ0) is 12.5. The smallest absolute Gasteiger partial charge is 0.338 e. The average molecular weight is 272 g/mol. The van der Waals surface area contributed by atoms with Gasteiger partial charge in [0.15, 0.2) is 0 Å². The number of cyclic esters (lactones) is 1. The van der Waals surface area contributed by atoms with Crippen LogP contribution >= 0.6 is 11.8 Å². The second kappa shape index (κ2) is 4.34. The third-order valence-electron chi connectivity index (χ3n) is 2.79. The van der Waals surface area contributed by atoms with Crippen molar-refractivity contribution in [3.63, 3.8) is 0 Å². The molecule has 0 bridgehead atoms. The van der Waals surface area contributed by atoms with E-state index in [0.29, 0.717) is 0 Å². The number of ether oxygens (including phenoxy) is 1. The zero-order valence-corrected chi connectivity index (χ0v) is 10.9. The zero-order valence-electron chi connectivity index (χ0n) is 9.25. The van der Waals surface area contributed by atoms with Gasteiger partial charge in [0, 0.05) is 6.42 Å². The van der Waals surface area contributed by atoms with E-state index >= 15 is 0 Å². The molecule has 1 aromatic carbocycles. The molecule has 6 heteroatoms. The molecule has 0 aliphatic carbocycles. The molecule has 0 amide bonds. The average Bonchev–Trinajstić information content (AvgIpc) is 2.73. The summed E-state index contributed by atoms with van der Waals surface area (Å²) in [6.45, 7) is 0.158. The molecule has 4 nitrogen and oxygen atoms in total. The topological polar surface area (TPSA) is 60.4 Å². The molecule has 2 rings (SSSR count). The first-order valence-electron chi connectivity index (χ1n) is 5.07. The predicted octanol–water partition coefficient (Wildman–Crippen LogP) is 1.47. The first kappa shape index (κ1) is 12.4. The molecule has 0 radical (unpaired) electrons. The predicted molar refractivity (Wildman–Crippen MR) is 65.4 cm³/mol. The van der Waals surface area contributed by atoms with Crippen molar-refractivity contribution in [1.82, 2.24) is 0 Å². The summed E-state index contributed by atoms with van der Waals surface area (Å²) in [5.74, 6) is -0.658. The minimum Gasteiger partial charge on any atom is -0.464 e. The number of carbonyl (C=O) groups excluding carboxylic acids is 1. The minimum atomic E-state index is -3.71. The van der Waals surface area contributed by atoms with Crippen molar-refractivity contribution in [2.24, 2.45) is 0 Å². The van der Waals surface area contributed by atoms with Crippen LogP contribution < -0.4 is 0 Å². The number of rotatable bonds is 3. The van der Waals surface area contributed by atoms with E-state index in [1.807, 2.05) is 0 Å². The third-order valence-corrected chi connectivity index (χ3v) is 7.11. The van der Waals surface area contributed by atoms with E-state index in [1.54, 1.807) is 24.5 Å². The second-order valence-electron chi connectivity index (χ2n) is 3.66. The highest BCUT2D eigenvalue weighted by Crippen LogP contribution is 2.42. The van der Waals surface area contributed by atoms with E-state index in [0.717, 1.165) is 11.8 Å². The molecular weight excluding hydrogens is 260 g/mol. The Hall–Kier alpha value is -1.01. The number of carbonyl (C=O) groups is 1. The van der Waals surface area contributed by atoms with Crippen molar-refractivity contribution >= 4 is 27.6 Å². The van der Waals surface area contributed by atoms with Gasteiger partial charge in [-0.15, -0.1) is 11.8 Å². The van der Waals surface area contributed by atoms with Gasteiger partial charge in [-0.05, 0) is 18.4 Å². The van der Waals surface area contributed by atoms with Crippen molar-refractivity contribution < 1.29 is 17.9 Å². The van der Waals surface area contributed by atoms with Gasteiger partial charge >= 0.3 is 5.97 Å². The summed E-state index contributed by atoms with van der Waals surface area (Å²) in [4.78, 5) is 11.9. The van der Waals surface area contributed by atoms with Gasteiger partial charge in [0.25, 0.3) is 0 Å². The Labute approximate surface area is 104 Å². The maximum absolute atomic E-state index is 12.5. The minimum absolute atomic E-state index is 0.158. The first-order valence-corrected chi connectivity index (χ1v) is 7.77. The van der Waals surface area contributed by atoms with Crippen LogP contribution in [-0.4, -0.2) is 31.3 Å². The maximum Gasteiger partial charge on any atom is 0.338 e. The fraction of sp³-hybridized carbons (Fsp3) is 0.364. The van der Waals surface area contributed by atoms with E-state index in [4.69, 9.17) is 4.74 Å². The van der Waals surface area contributed by atoms with Gasteiger partial charge in [0.05, 0.1) is 11.5 Å². The number of hydrogen-bond acceptors (Lipinski definition) is 5. The van der Waals surface area contributed by atoms with Gasteiger partial charge in [-0.25, -0.2) is 13.2 Å². The van der Waals surface area contributed by atoms with Crippen LogP contribution in [0.3, 0.4) is 0 Å². The van der Waals surface area contributed by atoms with Crippen LogP contribution in [0.25, 0.3) is 0 Å². The summed E-state index contributed by atoms with van der Waals surface area (Å²) < 4.78 is 28.3. The summed E-state index contributed by atoms with van der Waals surface area (Å²) in [6.07, 6.45) is 1.82. The molecule has 1 heterocycles. The van der Waals surface area contributed by atoms with Crippen LogP contribution in [0.4, 0.5) is 0 Å². The van der Waals surface area contributed by atoms with Crippen LogP contribution in [0.15, 0.2) is 35.2 Å². The molecule has 0 saturated carbocycles. The number of sulfone groups is 1. The summed E-state index contributed by atoms with van der Waals surface area (Å²) in [5.41, 5.74) is 0. The van der Waals surface area contributed by atoms with Crippen LogP contribution in [0.5, 0.6) is 0 Å². The quantitative estimate of drug-likeness (QED) is 0.780. The molecule has 1 aliphatic heterocycles. The first-order chi connectivity index (χ1) is 8.04. The van der Waals surface area contributed by atoms with Gasteiger partial charge in [-0.2, -0.15) is 0 Å². The molecule has 1 saturated heterocycles. The van der Waals surface area contributed by atoms with Crippen molar-refractivity contribution in [3.8, 4) is 0 Å². The molecule has 0 aromatic heterocycles. The molecule has 1 aliphatic rings. The van der Waals surface area contributed by atoms with E-state index in [2.05, 4.69) is 0 Å².